The highest BCUT2D eigenvalue weighted by atomic mass is 31.1. The second-order valence-electron chi connectivity index (χ2n) is 9.61. The van der Waals surface area contributed by atoms with Crippen molar-refractivity contribution in [3.63, 3.8) is 0 Å². The molecule has 0 amide bonds. The van der Waals surface area contributed by atoms with Gasteiger partial charge < -0.3 is 4.74 Å². The molecule has 2 nitrogen and oxygen atoms in total. The lowest BCUT2D eigenvalue weighted by Gasteiger charge is -2.32. The van der Waals surface area contributed by atoms with Crippen LogP contribution in [0.5, 0.6) is 5.75 Å². The maximum Gasteiger partial charge on any atom is 0.163 e. The Bertz CT molecular complexity index is 1430. The zero-order chi connectivity index (χ0) is 22.6. The molecule has 1 aromatic heterocycles. The maximum absolute atomic E-state index is 6.68. The van der Waals surface area contributed by atoms with Crippen LogP contribution in [0.2, 0.25) is 0 Å². The number of nitrogens with zero attached hydrogens (tertiary/aromatic N) is 1. The minimum atomic E-state index is -0.682. The Morgan fingerprint density at radius 1 is 0.758 bits per heavy atom. The number of hydrogen-bond acceptors (Lipinski definition) is 2. The molecule has 162 valence electrons. The fourth-order valence-corrected chi connectivity index (χ4v) is 8.12. The summed E-state index contributed by atoms with van der Waals surface area (Å²) in [5, 5.41) is 6.52. The van der Waals surface area contributed by atoms with Crippen molar-refractivity contribution in [3.05, 3.63) is 103 Å². The number of rotatable bonds is 2. The monoisotopic (exact) mass is 447 g/mol. The first-order valence-corrected chi connectivity index (χ1v) is 12.8. The van der Waals surface area contributed by atoms with Crippen molar-refractivity contribution in [2.45, 2.75) is 31.8 Å². The molecule has 1 aliphatic rings. The van der Waals surface area contributed by atoms with Gasteiger partial charge in [-0.3, -0.25) is 4.98 Å². The minimum Gasteiger partial charge on any atom is -0.479 e. The molecule has 5 aromatic rings. The quantitative estimate of drug-likeness (QED) is 0.202. The standard InChI is InChI=1S/C30H26NOP/c1-30(2,3)33-28-24(15-10-17-26(28)32-29(33)25-16-8-9-18-31-25)27-22-13-6-4-11-20(22)19-21-12-5-7-14-23(21)27/h4-19,29H,1-3H3/t29-,33-/m0/s1. The highest BCUT2D eigenvalue weighted by Crippen LogP contribution is 2.66. The van der Waals surface area contributed by atoms with Gasteiger partial charge in [-0.25, -0.2) is 0 Å². The van der Waals surface area contributed by atoms with Gasteiger partial charge in [0.2, 0.25) is 0 Å². The van der Waals surface area contributed by atoms with Crippen LogP contribution < -0.4 is 10.0 Å². The largest absolute Gasteiger partial charge is 0.479 e. The van der Waals surface area contributed by atoms with Gasteiger partial charge in [0, 0.05) is 11.5 Å². The van der Waals surface area contributed by atoms with E-state index in [2.05, 4.69) is 106 Å². The number of hydrogen-bond donors (Lipinski definition) is 0. The highest BCUT2D eigenvalue weighted by Gasteiger charge is 2.44. The van der Waals surface area contributed by atoms with Crippen LogP contribution in [0, 0.1) is 0 Å². The summed E-state index contributed by atoms with van der Waals surface area (Å²) < 4.78 is 6.68. The number of fused-ring (bicyclic) bond motifs is 3. The molecule has 2 atom stereocenters. The molecule has 3 heteroatoms. The molecule has 0 saturated carbocycles. The van der Waals surface area contributed by atoms with E-state index in [0.29, 0.717) is 0 Å². The van der Waals surface area contributed by atoms with E-state index >= 15 is 0 Å². The van der Waals surface area contributed by atoms with Gasteiger partial charge in [-0.1, -0.05) is 87.5 Å². The summed E-state index contributed by atoms with van der Waals surface area (Å²) in [7, 11) is -0.682. The predicted molar refractivity (Wildman–Crippen MR) is 141 cm³/mol. The van der Waals surface area contributed by atoms with Gasteiger partial charge in [0.05, 0.1) is 5.69 Å². The minimum absolute atomic E-state index is 0.0430. The van der Waals surface area contributed by atoms with Crippen LogP contribution in [0.25, 0.3) is 32.7 Å². The molecule has 0 unspecified atom stereocenters. The molecular weight excluding hydrogens is 421 g/mol. The Balaban J connectivity index is 1.68. The Morgan fingerprint density at radius 3 is 2.06 bits per heavy atom. The Morgan fingerprint density at radius 2 is 1.42 bits per heavy atom. The molecule has 1 aliphatic heterocycles. The molecule has 0 N–H and O–H groups in total. The summed E-state index contributed by atoms with van der Waals surface area (Å²) >= 11 is 0. The molecule has 4 aromatic carbocycles. The lowest BCUT2D eigenvalue weighted by atomic mass is 9.92. The molecule has 0 bridgehead atoms. The third-order valence-electron chi connectivity index (χ3n) is 6.42. The SMILES string of the molecule is CC(C)(C)[P@@]1c2c(cccc2-c2c3ccccc3cc3ccccc23)O[C@@H]1c1ccccn1. The molecule has 0 radical (unpaired) electrons. The average molecular weight is 448 g/mol. The first-order chi connectivity index (χ1) is 16.0. The van der Waals surface area contributed by atoms with Gasteiger partial charge in [0.15, 0.2) is 5.85 Å². The topological polar surface area (TPSA) is 22.1 Å². The molecule has 2 heterocycles. The van der Waals surface area contributed by atoms with E-state index in [1.165, 1.54) is 38.0 Å². The van der Waals surface area contributed by atoms with E-state index in [0.717, 1.165) is 11.4 Å². The fraction of sp³-hybridized carbons (Fsp3) is 0.167. The molecule has 33 heavy (non-hydrogen) atoms. The third-order valence-corrected chi connectivity index (χ3v) is 9.64. The fourth-order valence-electron chi connectivity index (χ4n) is 5.06. The van der Waals surface area contributed by atoms with Crippen LogP contribution in [-0.4, -0.2) is 10.1 Å². The summed E-state index contributed by atoms with van der Waals surface area (Å²) in [6.45, 7) is 7.02. The van der Waals surface area contributed by atoms with Crippen LogP contribution in [0.4, 0.5) is 0 Å². The Hall–Kier alpha value is -3.22. The third kappa shape index (κ3) is 3.33. The normalized spacial score (nSPS) is 17.8. The maximum atomic E-state index is 6.68. The van der Waals surface area contributed by atoms with Gasteiger partial charge in [-0.15, -0.1) is 0 Å². The zero-order valence-electron chi connectivity index (χ0n) is 19.1. The molecule has 0 spiro atoms. The number of aromatic nitrogens is 1. The van der Waals surface area contributed by atoms with Crippen molar-refractivity contribution in [2.24, 2.45) is 0 Å². The summed E-state index contributed by atoms with van der Waals surface area (Å²) in [5.41, 5.74) is 3.62. The lowest BCUT2D eigenvalue weighted by molar-refractivity contribution is 0.295. The van der Waals surface area contributed by atoms with Gasteiger partial charge in [-0.05, 0) is 70.0 Å². The molecule has 0 aliphatic carbocycles. The molecule has 0 fully saturated rings. The van der Waals surface area contributed by atoms with Crippen LogP contribution >= 0.6 is 7.92 Å². The van der Waals surface area contributed by atoms with Gasteiger partial charge in [0.1, 0.15) is 5.75 Å². The number of benzene rings is 4. The smallest absolute Gasteiger partial charge is 0.163 e. The van der Waals surface area contributed by atoms with Crippen LogP contribution in [0.3, 0.4) is 0 Å². The van der Waals surface area contributed by atoms with Gasteiger partial charge >= 0.3 is 0 Å². The van der Waals surface area contributed by atoms with E-state index < -0.39 is 7.92 Å². The first kappa shape index (κ1) is 20.4. The van der Waals surface area contributed by atoms with E-state index in [-0.39, 0.29) is 11.0 Å². The van der Waals surface area contributed by atoms with Crippen LogP contribution in [-0.2, 0) is 0 Å². The summed E-state index contributed by atoms with van der Waals surface area (Å²) in [6, 6.07) is 32.5. The van der Waals surface area contributed by atoms with Crippen molar-refractivity contribution >= 4 is 34.8 Å². The first-order valence-electron chi connectivity index (χ1n) is 11.4. The number of pyridine rings is 1. The Labute approximate surface area is 196 Å². The van der Waals surface area contributed by atoms with E-state index in [9.17, 15) is 0 Å². The van der Waals surface area contributed by atoms with Crippen LogP contribution in [0.15, 0.2) is 97.2 Å². The second kappa shape index (κ2) is 7.68. The zero-order valence-corrected chi connectivity index (χ0v) is 20.0. The van der Waals surface area contributed by atoms with Crippen LogP contribution in [0.1, 0.15) is 32.3 Å². The Kier molecular flexibility index (Phi) is 4.75. The average Bonchev–Trinajstić information content (AvgIpc) is 3.24. The molecule has 0 saturated heterocycles. The van der Waals surface area contributed by atoms with Crippen molar-refractivity contribution < 1.29 is 4.74 Å². The van der Waals surface area contributed by atoms with Crippen molar-refractivity contribution in [3.8, 4) is 16.9 Å². The summed E-state index contributed by atoms with van der Waals surface area (Å²) in [5.74, 6) is 0.958. The second-order valence-corrected chi connectivity index (χ2v) is 12.6. The van der Waals surface area contributed by atoms with Gasteiger partial charge in [-0.2, -0.15) is 0 Å². The molecule has 6 rings (SSSR count). The van der Waals surface area contributed by atoms with E-state index in [1.54, 1.807) is 0 Å². The van der Waals surface area contributed by atoms with Crippen molar-refractivity contribution in [1.29, 1.82) is 0 Å². The predicted octanol–water partition coefficient (Wildman–Crippen LogP) is 8.05. The van der Waals surface area contributed by atoms with Gasteiger partial charge in [0.25, 0.3) is 0 Å². The van der Waals surface area contributed by atoms with Crippen molar-refractivity contribution in [1.82, 2.24) is 4.98 Å². The summed E-state index contributed by atoms with van der Waals surface area (Å²) in [6.07, 6.45) is 1.87. The van der Waals surface area contributed by atoms with E-state index in [4.69, 9.17) is 9.72 Å². The number of ether oxygens (including phenoxy) is 1. The van der Waals surface area contributed by atoms with Crippen molar-refractivity contribution in [2.75, 3.05) is 0 Å². The summed E-state index contributed by atoms with van der Waals surface area (Å²) in [4.78, 5) is 4.70. The van der Waals surface area contributed by atoms with E-state index in [1.807, 2.05) is 12.3 Å². The highest BCUT2D eigenvalue weighted by molar-refractivity contribution is 7.68. The molecular formula is C30H26NOP. The lowest BCUT2D eigenvalue weighted by Crippen LogP contribution is -2.21.